The monoisotopic (exact) mass is 240 g/mol. The normalized spacial score (nSPS) is 24.8. The summed E-state index contributed by atoms with van der Waals surface area (Å²) in [5.41, 5.74) is 0. The second-order valence-electron chi connectivity index (χ2n) is 3.86. The van der Waals surface area contributed by atoms with Crippen molar-refractivity contribution in [1.29, 1.82) is 0 Å². The molecule has 1 aliphatic rings. The lowest BCUT2D eigenvalue weighted by atomic mass is 10.1. The molecule has 5 nitrogen and oxygen atoms in total. The van der Waals surface area contributed by atoms with Crippen molar-refractivity contribution in [3.8, 4) is 12.3 Å². The topological polar surface area (TPSA) is 61.8 Å². The predicted molar refractivity (Wildman–Crippen MR) is 58.9 cm³/mol. The van der Waals surface area contributed by atoms with Crippen molar-refractivity contribution in [2.45, 2.75) is 45.0 Å². The van der Waals surface area contributed by atoms with Gasteiger partial charge in [0.25, 0.3) is 0 Å². The van der Waals surface area contributed by atoms with Gasteiger partial charge >= 0.3 is 11.9 Å². The van der Waals surface area contributed by atoms with Gasteiger partial charge in [-0.05, 0) is 12.8 Å². The van der Waals surface area contributed by atoms with E-state index in [0.29, 0.717) is 6.42 Å². The maximum Gasteiger partial charge on any atom is 0.303 e. The molecule has 94 valence electrons. The summed E-state index contributed by atoms with van der Waals surface area (Å²) in [6.07, 6.45) is 5.51. The van der Waals surface area contributed by atoms with E-state index in [4.69, 9.17) is 20.6 Å². The van der Waals surface area contributed by atoms with Gasteiger partial charge in [-0.3, -0.25) is 9.59 Å². The molecule has 1 heterocycles. The summed E-state index contributed by atoms with van der Waals surface area (Å²) < 4.78 is 15.4. The van der Waals surface area contributed by atoms with Gasteiger partial charge < -0.3 is 14.2 Å². The Labute approximate surface area is 100 Å². The highest BCUT2D eigenvalue weighted by atomic mass is 16.6. The van der Waals surface area contributed by atoms with E-state index in [-0.39, 0.29) is 18.8 Å². The Morgan fingerprint density at radius 1 is 1.41 bits per heavy atom. The zero-order valence-corrected chi connectivity index (χ0v) is 9.97. The maximum atomic E-state index is 10.9. The molecule has 0 N–H and O–H groups in total. The molecular weight excluding hydrogens is 224 g/mol. The second kappa shape index (κ2) is 6.26. The van der Waals surface area contributed by atoms with Crippen molar-refractivity contribution in [3.63, 3.8) is 0 Å². The van der Waals surface area contributed by atoms with Crippen molar-refractivity contribution in [2.75, 3.05) is 6.61 Å². The predicted octanol–water partition coefficient (Wildman–Crippen LogP) is 0.662. The number of esters is 2. The van der Waals surface area contributed by atoms with E-state index in [1.165, 1.54) is 13.8 Å². The van der Waals surface area contributed by atoms with Crippen LogP contribution in [-0.4, -0.2) is 36.9 Å². The third kappa shape index (κ3) is 4.45. The Morgan fingerprint density at radius 3 is 2.59 bits per heavy atom. The maximum absolute atomic E-state index is 10.9. The molecule has 0 aromatic heterocycles. The second-order valence-corrected chi connectivity index (χ2v) is 3.86. The van der Waals surface area contributed by atoms with Crippen LogP contribution in [0.2, 0.25) is 0 Å². The molecule has 0 radical (unpaired) electrons. The van der Waals surface area contributed by atoms with Gasteiger partial charge in [0.05, 0.1) is 6.10 Å². The van der Waals surface area contributed by atoms with Crippen molar-refractivity contribution in [2.24, 2.45) is 0 Å². The van der Waals surface area contributed by atoms with Gasteiger partial charge in [-0.2, -0.15) is 0 Å². The molecule has 1 aliphatic heterocycles. The van der Waals surface area contributed by atoms with Crippen LogP contribution in [0.25, 0.3) is 0 Å². The first-order valence-corrected chi connectivity index (χ1v) is 5.45. The van der Waals surface area contributed by atoms with Gasteiger partial charge in [0, 0.05) is 13.8 Å². The minimum absolute atomic E-state index is 0.00310. The number of terminal acetylenes is 1. The van der Waals surface area contributed by atoms with E-state index < -0.39 is 18.0 Å². The molecule has 1 saturated heterocycles. The number of rotatable bonds is 4. The average molecular weight is 240 g/mol. The Morgan fingerprint density at radius 2 is 2.12 bits per heavy atom. The van der Waals surface area contributed by atoms with Gasteiger partial charge in [0.2, 0.25) is 0 Å². The van der Waals surface area contributed by atoms with Gasteiger partial charge in [0.15, 0.2) is 6.10 Å². The highest BCUT2D eigenvalue weighted by Crippen LogP contribution is 2.23. The molecule has 0 saturated carbocycles. The quantitative estimate of drug-likeness (QED) is 0.533. The third-order valence-electron chi connectivity index (χ3n) is 2.42. The Hall–Kier alpha value is -1.54. The molecule has 0 aromatic rings. The van der Waals surface area contributed by atoms with E-state index in [0.717, 1.165) is 6.42 Å². The van der Waals surface area contributed by atoms with Crippen LogP contribution in [0.5, 0.6) is 0 Å². The first-order chi connectivity index (χ1) is 8.02. The molecule has 0 aromatic carbocycles. The van der Waals surface area contributed by atoms with Crippen LogP contribution >= 0.6 is 0 Å². The fourth-order valence-corrected chi connectivity index (χ4v) is 1.69. The first-order valence-electron chi connectivity index (χ1n) is 5.45. The van der Waals surface area contributed by atoms with Gasteiger partial charge in [-0.1, -0.05) is 5.92 Å². The lowest BCUT2D eigenvalue weighted by Gasteiger charge is -2.22. The zero-order valence-electron chi connectivity index (χ0n) is 9.97. The van der Waals surface area contributed by atoms with Gasteiger partial charge in [0.1, 0.15) is 12.7 Å². The van der Waals surface area contributed by atoms with Crippen molar-refractivity contribution in [3.05, 3.63) is 0 Å². The molecule has 5 heteroatoms. The van der Waals surface area contributed by atoms with Crippen LogP contribution in [0.4, 0.5) is 0 Å². The Balaban J connectivity index is 2.54. The lowest BCUT2D eigenvalue weighted by molar-refractivity contribution is -0.164. The number of hydrogen-bond acceptors (Lipinski definition) is 5. The summed E-state index contributed by atoms with van der Waals surface area (Å²) in [6, 6.07) is 0. The van der Waals surface area contributed by atoms with E-state index in [1.807, 2.05) is 0 Å². The highest BCUT2D eigenvalue weighted by molar-refractivity contribution is 5.67. The van der Waals surface area contributed by atoms with Gasteiger partial charge in [-0.15, -0.1) is 6.42 Å². The van der Waals surface area contributed by atoms with Crippen molar-refractivity contribution in [1.82, 2.24) is 0 Å². The molecule has 0 bridgehead atoms. The summed E-state index contributed by atoms with van der Waals surface area (Å²) >= 11 is 0. The van der Waals surface area contributed by atoms with Crippen molar-refractivity contribution >= 4 is 11.9 Å². The van der Waals surface area contributed by atoms with E-state index >= 15 is 0 Å². The largest absolute Gasteiger partial charge is 0.462 e. The third-order valence-corrected chi connectivity index (χ3v) is 2.42. The average Bonchev–Trinajstić information content (AvgIpc) is 2.71. The number of carbonyl (C=O) groups excluding carboxylic acids is 2. The Bertz CT molecular complexity index is 330. The SMILES string of the molecule is C#C[C@H]1CC[C@@H]([C@@H](COC(C)=O)OC(C)=O)O1. The molecule has 17 heavy (non-hydrogen) atoms. The van der Waals surface area contributed by atoms with Gasteiger partial charge in [-0.25, -0.2) is 0 Å². The fraction of sp³-hybridized carbons (Fsp3) is 0.667. The summed E-state index contributed by atoms with van der Waals surface area (Å²) in [4.78, 5) is 21.7. The summed E-state index contributed by atoms with van der Waals surface area (Å²) in [7, 11) is 0. The minimum Gasteiger partial charge on any atom is -0.462 e. The fourth-order valence-electron chi connectivity index (χ4n) is 1.69. The molecular formula is C12H16O5. The van der Waals surface area contributed by atoms with E-state index in [9.17, 15) is 9.59 Å². The first kappa shape index (κ1) is 13.5. The molecule has 0 aliphatic carbocycles. The van der Waals surface area contributed by atoms with Crippen LogP contribution in [0, 0.1) is 12.3 Å². The minimum atomic E-state index is -0.588. The molecule has 0 spiro atoms. The number of carbonyl (C=O) groups is 2. The molecule has 1 fully saturated rings. The smallest absolute Gasteiger partial charge is 0.303 e. The summed E-state index contributed by atoms with van der Waals surface area (Å²) in [5, 5.41) is 0. The van der Waals surface area contributed by atoms with Crippen LogP contribution < -0.4 is 0 Å². The van der Waals surface area contributed by atoms with Crippen molar-refractivity contribution < 1.29 is 23.8 Å². The lowest BCUT2D eigenvalue weighted by Crippen LogP contribution is -2.35. The van der Waals surface area contributed by atoms with E-state index in [1.54, 1.807) is 0 Å². The standard InChI is InChI=1S/C12H16O5/c1-4-10-5-6-11(17-10)12(16-9(3)14)7-15-8(2)13/h1,10-12H,5-7H2,2-3H3/t10-,11-,12+/m0/s1. The summed E-state index contributed by atoms with van der Waals surface area (Å²) in [6.45, 7) is 2.59. The zero-order chi connectivity index (χ0) is 12.8. The van der Waals surface area contributed by atoms with Crippen LogP contribution in [0.15, 0.2) is 0 Å². The number of hydrogen-bond donors (Lipinski definition) is 0. The molecule has 0 unspecified atom stereocenters. The summed E-state index contributed by atoms with van der Waals surface area (Å²) in [5.74, 6) is 1.64. The molecule has 0 amide bonds. The van der Waals surface area contributed by atoms with Crippen LogP contribution in [0.3, 0.4) is 0 Å². The Kier molecular flexibility index (Phi) is 4.98. The molecule has 1 rings (SSSR count). The van der Waals surface area contributed by atoms with Crippen LogP contribution in [0.1, 0.15) is 26.7 Å². The number of ether oxygens (including phenoxy) is 3. The molecule has 3 atom stereocenters. The highest BCUT2D eigenvalue weighted by Gasteiger charge is 2.33. The van der Waals surface area contributed by atoms with E-state index in [2.05, 4.69) is 5.92 Å². The van der Waals surface area contributed by atoms with Crippen LogP contribution in [-0.2, 0) is 23.8 Å².